The normalized spacial score (nSPS) is 19.5. The molecule has 0 unspecified atom stereocenters. The van der Waals surface area contributed by atoms with Gasteiger partial charge in [-0.05, 0) is 60.9 Å². The van der Waals surface area contributed by atoms with Crippen molar-refractivity contribution in [3.05, 3.63) is 71.6 Å². The number of ether oxygens (including phenoxy) is 1. The lowest BCUT2D eigenvalue weighted by atomic mass is 9.98. The van der Waals surface area contributed by atoms with Crippen LogP contribution in [0.2, 0.25) is 0 Å². The average Bonchev–Trinajstić information content (AvgIpc) is 3.08. The third-order valence-electron chi connectivity index (χ3n) is 5.66. The fourth-order valence-electron chi connectivity index (χ4n) is 4.03. The molecule has 0 radical (unpaired) electrons. The first-order valence-corrected chi connectivity index (χ1v) is 10.3. The van der Waals surface area contributed by atoms with Crippen LogP contribution in [0.3, 0.4) is 0 Å². The Bertz CT molecular complexity index is 1030. The minimum atomic E-state index is -0.511. The van der Waals surface area contributed by atoms with E-state index < -0.39 is 12.0 Å². The summed E-state index contributed by atoms with van der Waals surface area (Å²) in [7, 11) is 0. The third kappa shape index (κ3) is 4.27. The standard InChI is InChI=1S/C24H23FN2O4/c1-2-31-24(30)18-5-9-20(10-6-18)27-22(28)15-21(23(27)29)26-13-11-17(12-14-26)16-3-7-19(25)8-4-16/h3-11,21H,2,12-15H2,1H3/t21-/m1/s1. The van der Waals surface area contributed by atoms with E-state index in [0.717, 1.165) is 17.6 Å². The van der Waals surface area contributed by atoms with Gasteiger partial charge >= 0.3 is 5.97 Å². The van der Waals surface area contributed by atoms with Gasteiger partial charge in [-0.15, -0.1) is 0 Å². The number of rotatable bonds is 5. The maximum Gasteiger partial charge on any atom is 0.338 e. The number of anilines is 1. The predicted molar refractivity (Wildman–Crippen MR) is 114 cm³/mol. The largest absolute Gasteiger partial charge is 0.462 e. The zero-order valence-corrected chi connectivity index (χ0v) is 17.2. The number of nitrogens with zero attached hydrogens (tertiary/aromatic N) is 2. The lowest BCUT2D eigenvalue weighted by Gasteiger charge is -2.30. The zero-order chi connectivity index (χ0) is 22.0. The zero-order valence-electron chi connectivity index (χ0n) is 17.2. The van der Waals surface area contributed by atoms with Gasteiger partial charge in [0, 0.05) is 13.1 Å². The van der Waals surface area contributed by atoms with Crippen LogP contribution in [0.1, 0.15) is 35.7 Å². The highest BCUT2D eigenvalue weighted by molar-refractivity contribution is 6.22. The molecule has 1 saturated heterocycles. The molecule has 0 N–H and O–H groups in total. The first-order valence-electron chi connectivity index (χ1n) is 10.3. The number of amides is 2. The summed E-state index contributed by atoms with van der Waals surface area (Å²) < 4.78 is 18.1. The van der Waals surface area contributed by atoms with Crippen molar-refractivity contribution in [2.75, 3.05) is 24.6 Å². The predicted octanol–water partition coefficient (Wildman–Crippen LogP) is 3.42. The number of carbonyl (C=O) groups excluding carboxylic acids is 3. The van der Waals surface area contributed by atoms with E-state index in [1.54, 1.807) is 43.3 Å². The van der Waals surface area contributed by atoms with Gasteiger partial charge in [-0.3, -0.25) is 14.5 Å². The molecular formula is C24H23FN2O4. The summed E-state index contributed by atoms with van der Waals surface area (Å²) in [6.07, 6.45) is 2.88. The molecule has 2 aromatic rings. The van der Waals surface area contributed by atoms with Crippen LogP contribution in [0.4, 0.5) is 10.1 Å². The number of benzene rings is 2. The maximum atomic E-state index is 13.1. The first-order chi connectivity index (χ1) is 15.0. The van der Waals surface area contributed by atoms with E-state index in [1.807, 2.05) is 11.0 Å². The van der Waals surface area contributed by atoms with Crippen LogP contribution in [0.5, 0.6) is 0 Å². The van der Waals surface area contributed by atoms with Crippen LogP contribution in [0, 0.1) is 5.82 Å². The van der Waals surface area contributed by atoms with Crippen LogP contribution < -0.4 is 4.90 Å². The highest BCUT2D eigenvalue weighted by Crippen LogP contribution is 2.29. The average molecular weight is 422 g/mol. The summed E-state index contributed by atoms with van der Waals surface area (Å²) in [5, 5.41) is 0. The molecule has 160 valence electrons. The minimum absolute atomic E-state index is 0.123. The molecule has 0 saturated carbocycles. The van der Waals surface area contributed by atoms with Gasteiger partial charge in [0.05, 0.1) is 30.3 Å². The summed E-state index contributed by atoms with van der Waals surface area (Å²) in [4.78, 5) is 40.7. The lowest BCUT2D eigenvalue weighted by Crippen LogP contribution is -2.44. The van der Waals surface area contributed by atoms with Crippen molar-refractivity contribution in [2.45, 2.75) is 25.8 Å². The number of esters is 1. The van der Waals surface area contributed by atoms with Crippen molar-refractivity contribution in [1.82, 2.24) is 4.90 Å². The summed E-state index contributed by atoms with van der Waals surface area (Å²) in [6.45, 7) is 3.19. The summed E-state index contributed by atoms with van der Waals surface area (Å²) in [5.74, 6) is -1.23. The topological polar surface area (TPSA) is 66.9 Å². The summed E-state index contributed by atoms with van der Waals surface area (Å²) >= 11 is 0. The number of imide groups is 1. The fraction of sp³-hybridized carbons (Fsp3) is 0.292. The number of carbonyl (C=O) groups is 3. The fourth-order valence-corrected chi connectivity index (χ4v) is 4.03. The molecule has 31 heavy (non-hydrogen) atoms. The molecule has 2 amide bonds. The Labute approximate surface area is 179 Å². The van der Waals surface area contributed by atoms with E-state index in [1.165, 1.54) is 17.0 Å². The van der Waals surface area contributed by atoms with Crippen LogP contribution in [-0.4, -0.2) is 48.4 Å². The molecule has 2 aliphatic heterocycles. The Kier molecular flexibility index (Phi) is 5.95. The van der Waals surface area contributed by atoms with E-state index in [2.05, 4.69) is 0 Å². The second kappa shape index (κ2) is 8.81. The molecule has 4 rings (SSSR count). The Morgan fingerprint density at radius 3 is 2.42 bits per heavy atom. The van der Waals surface area contributed by atoms with Crippen molar-refractivity contribution in [3.8, 4) is 0 Å². The molecule has 0 bridgehead atoms. The molecule has 2 heterocycles. The quantitative estimate of drug-likeness (QED) is 0.546. The third-order valence-corrected chi connectivity index (χ3v) is 5.66. The first kappa shape index (κ1) is 20.9. The van der Waals surface area contributed by atoms with E-state index >= 15 is 0 Å². The van der Waals surface area contributed by atoms with Crippen molar-refractivity contribution in [2.24, 2.45) is 0 Å². The highest BCUT2D eigenvalue weighted by Gasteiger charge is 2.42. The van der Waals surface area contributed by atoms with Crippen molar-refractivity contribution in [3.63, 3.8) is 0 Å². The number of halogens is 1. The smallest absolute Gasteiger partial charge is 0.338 e. The molecule has 7 heteroatoms. The molecular weight excluding hydrogens is 399 g/mol. The minimum Gasteiger partial charge on any atom is -0.462 e. The van der Waals surface area contributed by atoms with Crippen molar-refractivity contribution >= 4 is 29.0 Å². The molecule has 1 fully saturated rings. The Morgan fingerprint density at radius 1 is 1.10 bits per heavy atom. The number of hydrogen-bond donors (Lipinski definition) is 0. The van der Waals surface area contributed by atoms with Gasteiger partial charge in [0.2, 0.25) is 5.91 Å². The van der Waals surface area contributed by atoms with Crippen LogP contribution >= 0.6 is 0 Å². The Morgan fingerprint density at radius 2 is 1.81 bits per heavy atom. The maximum absolute atomic E-state index is 13.1. The molecule has 2 aromatic carbocycles. The summed E-state index contributed by atoms with van der Waals surface area (Å²) in [5.41, 5.74) is 2.90. The van der Waals surface area contributed by atoms with Crippen LogP contribution in [0.25, 0.3) is 5.57 Å². The SMILES string of the molecule is CCOC(=O)c1ccc(N2C(=O)C[C@@H](N3CC=C(c4ccc(F)cc4)CC3)C2=O)cc1. The van der Waals surface area contributed by atoms with Gasteiger partial charge in [-0.1, -0.05) is 18.2 Å². The monoisotopic (exact) mass is 422 g/mol. The molecule has 1 atom stereocenters. The van der Waals surface area contributed by atoms with Crippen LogP contribution in [-0.2, 0) is 14.3 Å². The van der Waals surface area contributed by atoms with Crippen molar-refractivity contribution < 1.29 is 23.5 Å². The molecule has 0 aromatic heterocycles. The second-order valence-corrected chi connectivity index (χ2v) is 7.54. The van der Waals surface area contributed by atoms with E-state index in [4.69, 9.17) is 4.74 Å². The highest BCUT2D eigenvalue weighted by atomic mass is 19.1. The van der Waals surface area contributed by atoms with Crippen molar-refractivity contribution in [1.29, 1.82) is 0 Å². The Balaban J connectivity index is 1.45. The van der Waals surface area contributed by atoms with Gasteiger partial charge in [-0.25, -0.2) is 14.1 Å². The van der Waals surface area contributed by atoms with E-state index in [-0.39, 0.29) is 30.7 Å². The molecule has 2 aliphatic rings. The van der Waals surface area contributed by atoms with Gasteiger partial charge in [0.1, 0.15) is 5.82 Å². The molecule has 6 nitrogen and oxygen atoms in total. The van der Waals surface area contributed by atoms with E-state index in [0.29, 0.717) is 24.3 Å². The second-order valence-electron chi connectivity index (χ2n) is 7.54. The number of hydrogen-bond acceptors (Lipinski definition) is 5. The van der Waals surface area contributed by atoms with Gasteiger partial charge < -0.3 is 4.74 Å². The molecule has 0 aliphatic carbocycles. The van der Waals surface area contributed by atoms with Gasteiger partial charge in [0.25, 0.3) is 5.91 Å². The molecule has 0 spiro atoms. The lowest BCUT2D eigenvalue weighted by molar-refractivity contribution is -0.122. The van der Waals surface area contributed by atoms with Crippen LogP contribution in [0.15, 0.2) is 54.6 Å². The Hall–Kier alpha value is -3.32. The van der Waals surface area contributed by atoms with Gasteiger partial charge in [0.15, 0.2) is 0 Å². The van der Waals surface area contributed by atoms with E-state index in [9.17, 15) is 18.8 Å². The summed E-state index contributed by atoms with van der Waals surface area (Å²) in [6, 6.07) is 12.2. The van der Waals surface area contributed by atoms with Gasteiger partial charge in [-0.2, -0.15) is 0 Å².